The Labute approximate surface area is 136 Å². The molecule has 0 atom stereocenters. The van der Waals surface area contributed by atoms with Gasteiger partial charge in [0.15, 0.2) is 0 Å². The van der Waals surface area contributed by atoms with Crippen molar-refractivity contribution in [2.24, 2.45) is 0 Å². The molecule has 5 nitrogen and oxygen atoms in total. The minimum absolute atomic E-state index is 0.00802. The second kappa shape index (κ2) is 8.92. The first-order valence-electron chi connectivity index (χ1n) is 6.53. The first kappa shape index (κ1) is 18.7. The van der Waals surface area contributed by atoms with Crippen molar-refractivity contribution < 1.29 is 13.2 Å². The molecular formula is C13H20Cl2N2O3S. The zero-order chi connectivity index (χ0) is 15.9. The number of nitrogens with one attached hydrogen (secondary N) is 2. The monoisotopic (exact) mass is 354 g/mol. The van der Waals surface area contributed by atoms with E-state index < -0.39 is 10.0 Å². The Kier molecular flexibility index (Phi) is 7.94. The number of hydrogen-bond acceptors (Lipinski definition) is 4. The summed E-state index contributed by atoms with van der Waals surface area (Å²) >= 11 is 12.1. The van der Waals surface area contributed by atoms with Crippen molar-refractivity contribution >= 4 is 33.2 Å². The summed E-state index contributed by atoms with van der Waals surface area (Å²) in [7, 11) is -0.317. The average Bonchev–Trinajstić information content (AvgIpc) is 2.42. The fourth-order valence-electron chi connectivity index (χ4n) is 1.79. The van der Waals surface area contributed by atoms with E-state index in [1.807, 2.05) is 0 Å². The van der Waals surface area contributed by atoms with E-state index in [0.717, 1.165) is 6.42 Å². The number of ether oxygens (including phenoxy) is 1. The third-order valence-electron chi connectivity index (χ3n) is 2.80. The van der Waals surface area contributed by atoms with E-state index >= 15 is 0 Å². The van der Waals surface area contributed by atoms with Crippen molar-refractivity contribution in [3.8, 4) is 0 Å². The molecule has 2 N–H and O–H groups in total. The fraction of sp³-hybridized carbons (Fsp3) is 0.538. The molecule has 1 aromatic rings. The molecule has 1 aromatic carbocycles. The van der Waals surface area contributed by atoms with Crippen molar-refractivity contribution in [3.05, 3.63) is 27.7 Å². The number of sulfonamides is 1. The van der Waals surface area contributed by atoms with Gasteiger partial charge in [0.05, 0.1) is 5.02 Å². The largest absolute Gasteiger partial charge is 0.385 e. The number of rotatable bonds is 9. The molecule has 0 aliphatic rings. The Bertz CT molecular complexity index is 565. The van der Waals surface area contributed by atoms with Gasteiger partial charge < -0.3 is 10.1 Å². The smallest absolute Gasteiger partial charge is 0.242 e. The molecule has 0 aromatic heterocycles. The van der Waals surface area contributed by atoms with Crippen LogP contribution in [-0.2, 0) is 21.3 Å². The van der Waals surface area contributed by atoms with Crippen molar-refractivity contribution in [3.63, 3.8) is 0 Å². The number of methoxy groups -OCH3 is 1. The van der Waals surface area contributed by atoms with Crippen LogP contribution in [0, 0.1) is 0 Å². The van der Waals surface area contributed by atoms with Gasteiger partial charge in [0, 0.05) is 31.8 Å². The van der Waals surface area contributed by atoms with Crippen molar-refractivity contribution in [2.45, 2.75) is 24.3 Å². The zero-order valence-electron chi connectivity index (χ0n) is 12.1. The summed E-state index contributed by atoms with van der Waals surface area (Å²) < 4.78 is 32.0. The second-order valence-electron chi connectivity index (χ2n) is 4.51. The Morgan fingerprint density at radius 2 is 1.95 bits per heavy atom. The predicted octanol–water partition coefficient (Wildman–Crippen LogP) is 2.42. The lowest BCUT2D eigenvalue weighted by Gasteiger charge is -2.12. The van der Waals surface area contributed by atoms with Gasteiger partial charge in [0.25, 0.3) is 0 Å². The molecule has 0 saturated heterocycles. The highest BCUT2D eigenvalue weighted by atomic mass is 35.5. The summed E-state index contributed by atoms with van der Waals surface area (Å²) in [5, 5.41) is 3.45. The van der Waals surface area contributed by atoms with Crippen LogP contribution in [0.2, 0.25) is 10.0 Å². The van der Waals surface area contributed by atoms with Crippen LogP contribution in [0.15, 0.2) is 17.0 Å². The SMILES string of the molecule is CNCc1cc(Cl)cc(S(=O)(=O)NCCCCOC)c1Cl. The molecule has 1 rings (SSSR count). The minimum atomic E-state index is -3.68. The van der Waals surface area contributed by atoms with Gasteiger partial charge in [-0.1, -0.05) is 23.2 Å². The third kappa shape index (κ3) is 5.73. The van der Waals surface area contributed by atoms with Crippen LogP contribution in [0.1, 0.15) is 18.4 Å². The molecule has 0 aliphatic heterocycles. The van der Waals surface area contributed by atoms with E-state index in [1.165, 1.54) is 6.07 Å². The van der Waals surface area contributed by atoms with Gasteiger partial charge in [-0.3, -0.25) is 0 Å². The molecule has 0 saturated carbocycles. The van der Waals surface area contributed by atoms with Crippen LogP contribution in [0.5, 0.6) is 0 Å². The lowest BCUT2D eigenvalue weighted by molar-refractivity contribution is 0.193. The van der Waals surface area contributed by atoms with Crippen molar-refractivity contribution in [1.29, 1.82) is 0 Å². The second-order valence-corrected chi connectivity index (χ2v) is 7.05. The molecule has 0 unspecified atom stereocenters. The van der Waals surface area contributed by atoms with Crippen LogP contribution in [0.4, 0.5) is 0 Å². The van der Waals surface area contributed by atoms with Gasteiger partial charge in [-0.25, -0.2) is 13.1 Å². The quantitative estimate of drug-likeness (QED) is 0.668. The summed E-state index contributed by atoms with van der Waals surface area (Å²) in [6, 6.07) is 3.01. The first-order chi connectivity index (χ1) is 9.92. The van der Waals surface area contributed by atoms with Crippen molar-refractivity contribution in [1.82, 2.24) is 10.0 Å². The topological polar surface area (TPSA) is 67.4 Å². The van der Waals surface area contributed by atoms with Gasteiger partial charge in [0.2, 0.25) is 10.0 Å². The number of benzene rings is 1. The highest BCUT2D eigenvalue weighted by molar-refractivity contribution is 7.89. The predicted molar refractivity (Wildman–Crippen MR) is 85.5 cm³/mol. The highest BCUT2D eigenvalue weighted by Crippen LogP contribution is 2.29. The summed E-state index contributed by atoms with van der Waals surface area (Å²) in [6.45, 7) is 1.37. The van der Waals surface area contributed by atoms with Crippen LogP contribution in [0.3, 0.4) is 0 Å². The maximum absolute atomic E-state index is 12.3. The van der Waals surface area contributed by atoms with E-state index in [1.54, 1.807) is 20.2 Å². The third-order valence-corrected chi connectivity index (χ3v) is 5.07. The molecule has 0 fully saturated rings. The summed E-state index contributed by atoms with van der Waals surface area (Å²) in [4.78, 5) is 0.00802. The normalized spacial score (nSPS) is 11.8. The van der Waals surface area contributed by atoms with Gasteiger partial charge in [0.1, 0.15) is 4.90 Å². The van der Waals surface area contributed by atoms with E-state index in [4.69, 9.17) is 27.9 Å². The maximum Gasteiger partial charge on any atom is 0.242 e. The van der Waals surface area contributed by atoms with Gasteiger partial charge in [-0.2, -0.15) is 0 Å². The molecule has 0 heterocycles. The highest BCUT2D eigenvalue weighted by Gasteiger charge is 2.20. The molecule has 0 spiro atoms. The average molecular weight is 355 g/mol. The van der Waals surface area contributed by atoms with Crippen LogP contribution in [-0.4, -0.2) is 35.7 Å². The van der Waals surface area contributed by atoms with Crippen LogP contribution >= 0.6 is 23.2 Å². The Morgan fingerprint density at radius 3 is 2.57 bits per heavy atom. The molecule has 0 radical (unpaired) electrons. The first-order valence-corrected chi connectivity index (χ1v) is 8.77. The minimum Gasteiger partial charge on any atom is -0.385 e. The lowest BCUT2D eigenvalue weighted by Crippen LogP contribution is -2.25. The number of unbranched alkanes of at least 4 members (excludes halogenated alkanes) is 1. The molecule has 0 amide bonds. The number of halogens is 2. The molecule has 120 valence electrons. The molecule has 0 aliphatic carbocycles. The molecule has 21 heavy (non-hydrogen) atoms. The van der Waals surface area contributed by atoms with E-state index in [9.17, 15) is 8.42 Å². The Morgan fingerprint density at radius 1 is 1.24 bits per heavy atom. The van der Waals surface area contributed by atoms with E-state index in [-0.39, 0.29) is 9.92 Å². The molecule has 0 bridgehead atoms. The standard InChI is InChI=1S/C13H20Cl2N2O3S/c1-16-9-10-7-11(14)8-12(13(10)15)21(18,19)17-5-3-4-6-20-2/h7-8,16-17H,3-6,9H2,1-2H3. The zero-order valence-corrected chi connectivity index (χ0v) is 14.4. The summed E-state index contributed by atoms with van der Waals surface area (Å²) in [6.07, 6.45) is 1.47. The van der Waals surface area contributed by atoms with Crippen LogP contribution < -0.4 is 10.0 Å². The van der Waals surface area contributed by atoms with Gasteiger partial charge >= 0.3 is 0 Å². The fourth-order valence-corrected chi connectivity index (χ4v) is 3.79. The molecular weight excluding hydrogens is 335 g/mol. The van der Waals surface area contributed by atoms with E-state index in [0.29, 0.717) is 36.7 Å². The maximum atomic E-state index is 12.3. The van der Waals surface area contributed by atoms with Crippen molar-refractivity contribution in [2.75, 3.05) is 27.3 Å². The van der Waals surface area contributed by atoms with Gasteiger partial charge in [-0.15, -0.1) is 0 Å². The Balaban J connectivity index is 2.87. The summed E-state index contributed by atoms with van der Waals surface area (Å²) in [5.74, 6) is 0. The summed E-state index contributed by atoms with van der Waals surface area (Å²) in [5.41, 5.74) is 0.645. The lowest BCUT2D eigenvalue weighted by atomic mass is 10.2. The number of hydrogen-bond donors (Lipinski definition) is 2. The Hall–Kier alpha value is -0.370. The van der Waals surface area contributed by atoms with Gasteiger partial charge in [-0.05, 0) is 37.6 Å². The molecule has 8 heteroatoms. The van der Waals surface area contributed by atoms with E-state index in [2.05, 4.69) is 10.0 Å². The van der Waals surface area contributed by atoms with Crippen LogP contribution in [0.25, 0.3) is 0 Å².